The molecule has 0 aliphatic rings. The van der Waals surface area contributed by atoms with E-state index in [0.717, 1.165) is 132 Å². The zero-order chi connectivity index (χ0) is 88.5. The molecule has 18 aromatic carbocycles. The van der Waals surface area contributed by atoms with Gasteiger partial charge in [0.05, 0.1) is 80.8 Å². The van der Waals surface area contributed by atoms with Crippen molar-refractivity contribution < 1.29 is 0 Å². The molecule has 0 fully saturated rings. The standard InChI is InChI=1S/3C40H23N3S2/c1-3-11-24(12-4-1)36-39-37(42-40(41-36)25-13-5-2-6-14-25)30-20-19-26(23-34(30)45-39)43-31-17-9-7-16-29(31)35-32(43)22-21-28-27-15-8-10-18-33(27)44-38(28)35;1-3-11-24(12-4-1)37-39-38(42-40(41-37)25-13-5-2-6-14-25)29-20-19-26(21-35(29)45-39)43-32-17-9-7-15-27(32)30-23-36-31(22-33(30)43)28-16-8-10-18-34(28)44-36;1-3-11-24(12-4-1)37-39-38(42-40(41-37)25-13-5-2-6-14-25)29-20-19-26(23-34(29)45-39)43-30-17-9-7-15-27(30)35-31(43)21-22-33-36(35)28-16-8-10-18-32(28)44-33/h3*1-23H. The van der Waals surface area contributed by atoms with Crippen molar-refractivity contribution in [2.75, 3.05) is 0 Å². The first kappa shape index (κ1) is 77.7. The monoisotopic (exact) mass is 1830 g/mol. The number of fused-ring (bicyclic) bond motifs is 29. The normalized spacial score (nSPS) is 12.0. The highest BCUT2D eigenvalue weighted by atomic mass is 32.1. The first-order chi connectivity index (χ1) is 66.9. The van der Waals surface area contributed by atoms with Crippen LogP contribution in [-0.2, 0) is 0 Å². The van der Waals surface area contributed by atoms with E-state index in [1.54, 1.807) is 34.0 Å². The molecule has 630 valence electrons. The Labute approximate surface area is 795 Å². The Morgan fingerprint density at radius 3 is 0.933 bits per heavy atom. The molecule has 30 rings (SSSR count). The molecule has 0 unspecified atom stereocenters. The van der Waals surface area contributed by atoms with Gasteiger partial charge in [0.1, 0.15) is 0 Å². The van der Waals surface area contributed by atoms with Crippen LogP contribution in [0.3, 0.4) is 0 Å². The van der Waals surface area contributed by atoms with Crippen molar-refractivity contribution in [3.8, 4) is 85.0 Å². The summed E-state index contributed by atoms with van der Waals surface area (Å²) in [4.78, 5) is 30.9. The Bertz CT molecular complexity index is 9880. The molecule has 0 aliphatic heterocycles. The van der Waals surface area contributed by atoms with Gasteiger partial charge in [-0.1, -0.05) is 297 Å². The van der Waals surface area contributed by atoms with E-state index in [4.69, 9.17) is 29.9 Å². The molecule has 0 amide bonds. The highest BCUT2D eigenvalue weighted by Crippen LogP contribution is 2.51. The molecule has 9 nitrogen and oxygen atoms in total. The average molecular weight is 1830 g/mol. The molecule has 15 heteroatoms. The largest absolute Gasteiger partial charge is 0.309 e. The number of hydrogen-bond donors (Lipinski definition) is 0. The number of rotatable bonds is 9. The second kappa shape index (κ2) is 31.3. The van der Waals surface area contributed by atoms with Crippen LogP contribution in [0, 0.1) is 0 Å². The Hall–Kier alpha value is -16.1. The van der Waals surface area contributed by atoms with Crippen LogP contribution in [0.1, 0.15) is 0 Å². The molecule has 0 saturated heterocycles. The Morgan fingerprint density at radius 2 is 0.474 bits per heavy atom. The molecule has 0 aliphatic carbocycles. The number of hydrogen-bond acceptors (Lipinski definition) is 12. The van der Waals surface area contributed by atoms with Gasteiger partial charge in [0.2, 0.25) is 0 Å². The summed E-state index contributed by atoms with van der Waals surface area (Å²) in [5.74, 6) is 2.25. The van der Waals surface area contributed by atoms with E-state index < -0.39 is 0 Å². The van der Waals surface area contributed by atoms with Gasteiger partial charge in [-0.15, -0.1) is 68.0 Å². The van der Waals surface area contributed by atoms with Crippen LogP contribution >= 0.6 is 68.0 Å². The molecule has 0 bridgehead atoms. The van der Waals surface area contributed by atoms with Gasteiger partial charge in [0.15, 0.2) is 17.5 Å². The number of para-hydroxylation sites is 3. The molecule has 30 aromatic rings. The number of aromatic nitrogens is 9. The minimum Gasteiger partial charge on any atom is -0.309 e. The van der Waals surface area contributed by atoms with Gasteiger partial charge < -0.3 is 13.7 Å². The van der Waals surface area contributed by atoms with Gasteiger partial charge >= 0.3 is 0 Å². The number of thiophene rings is 6. The molecule has 0 spiro atoms. The van der Waals surface area contributed by atoms with Crippen molar-refractivity contribution in [1.82, 2.24) is 43.6 Å². The Morgan fingerprint density at radius 1 is 0.156 bits per heavy atom. The maximum Gasteiger partial charge on any atom is 0.160 e. The summed E-state index contributed by atoms with van der Waals surface area (Å²) in [5, 5.41) is 19.2. The fraction of sp³-hybridized carbons (Fsp3) is 0. The lowest BCUT2D eigenvalue weighted by Gasteiger charge is -2.08. The van der Waals surface area contributed by atoms with Crippen LogP contribution < -0.4 is 0 Å². The van der Waals surface area contributed by atoms with E-state index in [0.29, 0.717) is 0 Å². The van der Waals surface area contributed by atoms with Gasteiger partial charge in [-0.3, -0.25) is 0 Å². The predicted octanol–water partition coefficient (Wildman–Crippen LogP) is 34.9. The summed E-state index contributed by atoms with van der Waals surface area (Å²) in [6, 6.07) is 149. The Kier molecular flexibility index (Phi) is 18.0. The van der Waals surface area contributed by atoms with Crippen LogP contribution in [0.25, 0.3) is 272 Å². The topological polar surface area (TPSA) is 92.1 Å². The van der Waals surface area contributed by atoms with Gasteiger partial charge in [0.25, 0.3) is 0 Å². The lowest BCUT2D eigenvalue weighted by molar-refractivity contribution is 1.19. The van der Waals surface area contributed by atoms with Gasteiger partial charge in [-0.25, -0.2) is 29.9 Å². The molecule has 0 atom stereocenters. The predicted molar refractivity (Wildman–Crippen MR) is 579 cm³/mol. The summed E-state index contributed by atoms with van der Waals surface area (Å²) >= 11 is 11.0. The zero-order valence-corrected chi connectivity index (χ0v) is 76.7. The minimum absolute atomic E-state index is 0.750. The zero-order valence-electron chi connectivity index (χ0n) is 71.8. The molecule has 0 radical (unpaired) electrons. The third-order valence-corrected chi connectivity index (χ3v) is 33.4. The van der Waals surface area contributed by atoms with E-state index in [1.165, 1.54) is 140 Å². The Balaban J connectivity index is 0.000000101. The smallest absolute Gasteiger partial charge is 0.160 e. The molecule has 135 heavy (non-hydrogen) atoms. The molecule has 0 saturated carbocycles. The van der Waals surface area contributed by atoms with E-state index in [1.807, 2.05) is 88.6 Å². The maximum atomic E-state index is 5.16. The van der Waals surface area contributed by atoms with Crippen molar-refractivity contribution in [2.45, 2.75) is 0 Å². The van der Waals surface area contributed by atoms with Crippen LogP contribution in [0.15, 0.2) is 419 Å². The van der Waals surface area contributed by atoms with E-state index in [-0.39, 0.29) is 0 Å². The lowest BCUT2D eigenvalue weighted by atomic mass is 10.1. The van der Waals surface area contributed by atoms with Crippen molar-refractivity contribution in [2.24, 2.45) is 0 Å². The first-order valence-electron chi connectivity index (χ1n) is 45.0. The van der Waals surface area contributed by atoms with Crippen molar-refractivity contribution in [1.29, 1.82) is 0 Å². The third-order valence-electron chi connectivity index (χ3n) is 26.4. The van der Waals surface area contributed by atoms with Gasteiger partial charge in [-0.2, -0.15) is 0 Å². The lowest BCUT2D eigenvalue weighted by Crippen LogP contribution is -1.94. The third kappa shape index (κ3) is 12.6. The summed E-state index contributed by atoms with van der Waals surface area (Å²) in [7, 11) is 0. The van der Waals surface area contributed by atoms with Crippen molar-refractivity contribution in [3.63, 3.8) is 0 Å². The fourth-order valence-electron chi connectivity index (χ4n) is 20.4. The molecule has 0 N–H and O–H groups in total. The van der Waals surface area contributed by atoms with E-state index in [9.17, 15) is 0 Å². The molecule has 12 heterocycles. The summed E-state index contributed by atoms with van der Waals surface area (Å²) < 4.78 is 22.2. The van der Waals surface area contributed by atoms with Crippen molar-refractivity contribution >= 4 is 255 Å². The number of benzene rings is 18. The highest BCUT2D eigenvalue weighted by molar-refractivity contribution is 7.28. The first-order valence-corrected chi connectivity index (χ1v) is 49.9. The van der Waals surface area contributed by atoms with Crippen LogP contribution in [0.4, 0.5) is 0 Å². The maximum absolute atomic E-state index is 5.16. The van der Waals surface area contributed by atoms with E-state index in [2.05, 4.69) is 378 Å². The summed E-state index contributed by atoms with van der Waals surface area (Å²) in [6.07, 6.45) is 0. The van der Waals surface area contributed by atoms with E-state index >= 15 is 0 Å². The fourth-order valence-corrected chi connectivity index (χ4v) is 27.4. The molecular weight excluding hydrogens is 1760 g/mol. The average Bonchev–Trinajstić information content (AvgIpc) is 1.56. The van der Waals surface area contributed by atoms with Crippen LogP contribution in [0.5, 0.6) is 0 Å². The second-order valence-corrected chi connectivity index (χ2v) is 40.5. The van der Waals surface area contributed by atoms with Gasteiger partial charge in [0, 0.05) is 174 Å². The van der Waals surface area contributed by atoms with Crippen molar-refractivity contribution in [3.05, 3.63) is 419 Å². The number of nitrogens with zero attached hydrogens (tertiary/aromatic N) is 9. The summed E-state index contributed by atoms with van der Waals surface area (Å²) in [6.45, 7) is 0. The summed E-state index contributed by atoms with van der Waals surface area (Å²) in [5.41, 5.74) is 23.1. The SMILES string of the molecule is c1ccc(-c2nc(-c3ccccc3)c3sc4cc(-n5c6ccccc6c6c7c(ccc65)sc5ccccc57)ccc4c3n2)cc1.c1ccc(-c2nc(-c3ccccc3)c3sc4cc(-n5c6ccccc6c6c7sc8ccccc8c7ccc65)ccc4c3n2)cc1.c1ccc(-c2nc(-c3ccccc3)c3sc4cc(-n5c6ccccc6c6cc7sc8ccccc8c7cc65)ccc4c3n2)cc1. The van der Waals surface area contributed by atoms with Crippen LogP contribution in [-0.4, -0.2) is 43.6 Å². The van der Waals surface area contributed by atoms with Crippen LogP contribution in [0.2, 0.25) is 0 Å². The minimum atomic E-state index is 0.750. The molecule has 12 aromatic heterocycles. The highest BCUT2D eigenvalue weighted by Gasteiger charge is 2.27. The molecular formula is C120H69N9S6. The van der Waals surface area contributed by atoms with Gasteiger partial charge in [-0.05, 0) is 121 Å². The quantitative estimate of drug-likeness (QED) is 0.143. The second-order valence-electron chi connectivity index (χ2n) is 34.2.